The van der Waals surface area contributed by atoms with Gasteiger partial charge in [-0.05, 0) is 19.4 Å². The van der Waals surface area contributed by atoms with Crippen molar-refractivity contribution < 1.29 is 4.79 Å². The van der Waals surface area contributed by atoms with Gasteiger partial charge in [-0.25, -0.2) is 0 Å². The summed E-state index contributed by atoms with van der Waals surface area (Å²) in [7, 11) is 2.40. The summed E-state index contributed by atoms with van der Waals surface area (Å²) in [5.74, 6) is 0.280. The molecule has 0 radical (unpaired) electrons. The Kier molecular flexibility index (Phi) is 7.67. The Bertz CT molecular complexity index is 130. The van der Waals surface area contributed by atoms with Crippen molar-refractivity contribution in [3.63, 3.8) is 0 Å². The molecule has 0 aliphatic rings. The minimum Gasteiger partial charge on any atom is -0.330 e. The molecule has 0 aromatic carbocycles. The smallest absolute Gasteiger partial charge is 0.149 e. The van der Waals surface area contributed by atoms with E-state index in [9.17, 15) is 4.79 Å². The molecule has 3 N–H and O–H groups in total. The van der Waals surface area contributed by atoms with Gasteiger partial charge < -0.3 is 5.73 Å². The van der Waals surface area contributed by atoms with E-state index < -0.39 is 0 Å². The van der Waals surface area contributed by atoms with E-state index in [4.69, 9.17) is 5.73 Å². The SMILES string of the molecule is CCC(=O)[C@H](CCCCN)NP. The third-order valence-electron chi connectivity index (χ3n) is 1.89. The monoisotopic (exact) mass is 190 g/mol. The number of nitrogens with one attached hydrogen (secondary N) is 1. The Hall–Kier alpha value is 0.0200. The Morgan fingerprint density at radius 3 is 2.67 bits per heavy atom. The van der Waals surface area contributed by atoms with Crippen LogP contribution in [0.25, 0.3) is 0 Å². The van der Waals surface area contributed by atoms with Crippen LogP contribution in [-0.4, -0.2) is 18.4 Å². The average molecular weight is 190 g/mol. The zero-order valence-corrected chi connectivity index (χ0v) is 8.83. The molecular formula is C8H19N2OP. The zero-order chi connectivity index (χ0) is 9.40. The quantitative estimate of drug-likeness (QED) is 0.462. The Morgan fingerprint density at radius 1 is 1.58 bits per heavy atom. The Labute approximate surface area is 76.7 Å². The minimum absolute atomic E-state index is 0.00606. The summed E-state index contributed by atoms with van der Waals surface area (Å²) in [4.78, 5) is 11.2. The van der Waals surface area contributed by atoms with Crippen molar-refractivity contribution in [2.45, 2.75) is 38.6 Å². The summed E-state index contributed by atoms with van der Waals surface area (Å²) >= 11 is 0. The van der Waals surface area contributed by atoms with Crippen molar-refractivity contribution in [3.8, 4) is 0 Å². The van der Waals surface area contributed by atoms with E-state index in [1.54, 1.807) is 0 Å². The van der Waals surface area contributed by atoms with Crippen molar-refractivity contribution in [1.82, 2.24) is 5.09 Å². The summed E-state index contributed by atoms with van der Waals surface area (Å²) in [6.45, 7) is 2.60. The second-order valence-corrected chi connectivity index (χ2v) is 3.16. The highest BCUT2D eigenvalue weighted by molar-refractivity contribution is 7.13. The predicted molar refractivity (Wildman–Crippen MR) is 54.8 cm³/mol. The second-order valence-electron chi connectivity index (χ2n) is 2.82. The van der Waals surface area contributed by atoms with Crippen LogP contribution in [0.15, 0.2) is 0 Å². The maximum Gasteiger partial charge on any atom is 0.149 e. The third kappa shape index (κ3) is 4.81. The first-order valence-corrected chi connectivity index (χ1v) is 5.02. The first kappa shape index (κ1) is 12.0. The number of nitrogens with two attached hydrogens (primary N) is 1. The number of hydrogen-bond acceptors (Lipinski definition) is 3. The maximum atomic E-state index is 11.2. The van der Waals surface area contributed by atoms with E-state index in [1.807, 2.05) is 6.92 Å². The lowest BCUT2D eigenvalue weighted by molar-refractivity contribution is -0.120. The molecule has 3 nitrogen and oxygen atoms in total. The third-order valence-corrected chi connectivity index (χ3v) is 2.29. The molecular weight excluding hydrogens is 171 g/mol. The molecule has 0 heterocycles. The van der Waals surface area contributed by atoms with Crippen molar-refractivity contribution in [2.24, 2.45) is 5.73 Å². The maximum absolute atomic E-state index is 11.2. The predicted octanol–water partition coefficient (Wildman–Crippen LogP) is 0.843. The molecule has 0 saturated heterocycles. The lowest BCUT2D eigenvalue weighted by Gasteiger charge is -2.12. The molecule has 0 aliphatic carbocycles. The topological polar surface area (TPSA) is 55.1 Å². The summed E-state index contributed by atoms with van der Waals surface area (Å²) in [5, 5.41) is 2.94. The number of carbonyl (C=O) groups excluding carboxylic acids is 1. The molecule has 0 rings (SSSR count). The average Bonchev–Trinajstić information content (AvgIpc) is 2.11. The fraction of sp³-hybridized carbons (Fsp3) is 0.875. The van der Waals surface area contributed by atoms with E-state index in [-0.39, 0.29) is 11.8 Å². The molecule has 0 aliphatic heterocycles. The summed E-state index contributed by atoms with van der Waals surface area (Å²) in [6.07, 6.45) is 3.52. The summed E-state index contributed by atoms with van der Waals surface area (Å²) in [6, 6.07) is 0.00606. The van der Waals surface area contributed by atoms with E-state index in [1.165, 1.54) is 0 Å². The number of hydrogen-bond donors (Lipinski definition) is 2. The van der Waals surface area contributed by atoms with Crippen molar-refractivity contribution in [3.05, 3.63) is 0 Å². The Balaban J connectivity index is 3.60. The molecule has 72 valence electrons. The fourth-order valence-corrected chi connectivity index (χ4v) is 1.43. The highest BCUT2D eigenvalue weighted by Crippen LogP contribution is 2.04. The largest absolute Gasteiger partial charge is 0.330 e. The summed E-state index contributed by atoms with van der Waals surface area (Å²) in [5.41, 5.74) is 5.35. The van der Waals surface area contributed by atoms with Crippen LogP contribution in [0.3, 0.4) is 0 Å². The van der Waals surface area contributed by atoms with Gasteiger partial charge >= 0.3 is 0 Å². The molecule has 0 saturated carbocycles. The molecule has 4 heteroatoms. The molecule has 0 bridgehead atoms. The van der Waals surface area contributed by atoms with Crippen LogP contribution in [-0.2, 0) is 4.79 Å². The van der Waals surface area contributed by atoms with Crippen LogP contribution < -0.4 is 10.8 Å². The number of ketones is 1. The van der Waals surface area contributed by atoms with Crippen LogP contribution in [0.1, 0.15) is 32.6 Å². The van der Waals surface area contributed by atoms with E-state index in [0.717, 1.165) is 19.3 Å². The van der Waals surface area contributed by atoms with Crippen LogP contribution in [0.4, 0.5) is 0 Å². The van der Waals surface area contributed by atoms with Crippen molar-refractivity contribution in [1.29, 1.82) is 0 Å². The molecule has 0 aromatic rings. The van der Waals surface area contributed by atoms with E-state index in [0.29, 0.717) is 13.0 Å². The van der Waals surface area contributed by atoms with Gasteiger partial charge in [-0.15, -0.1) is 0 Å². The standard InChI is InChI=1S/C8H19N2OP/c1-2-8(11)7(10-12)5-3-4-6-9/h7,10H,2-6,9,12H2,1H3/t7-/m0/s1. The van der Waals surface area contributed by atoms with Gasteiger partial charge in [0.15, 0.2) is 0 Å². The number of rotatable bonds is 7. The lowest BCUT2D eigenvalue weighted by Crippen LogP contribution is -2.29. The highest BCUT2D eigenvalue weighted by atomic mass is 31.0. The first-order chi connectivity index (χ1) is 5.76. The Morgan fingerprint density at radius 2 is 2.25 bits per heavy atom. The van der Waals surface area contributed by atoms with Gasteiger partial charge in [-0.2, -0.15) is 0 Å². The van der Waals surface area contributed by atoms with Gasteiger partial charge in [0.25, 0.3) is 0 Å². The van der Waals surface area contributed by atoms with Crippen molar-refractivity contribution >= 4 is 15.2 Å². The normalized spacial score (nSPS) is 12.9. The van der Waals surface area contributed by atoms with E-state index >= 15 is 0 Å². The van der Waals surface area contributed by atoms with Gasteiger partial charge in [-0.3, -0.25) is 9.88 Å². The number of unbranched alkanes of at least 4 members (excludes halogenated alkanes) is 1. The van der Waals surface area contributed by atoms with Crippen LogP contribution in [0.5, 0.6) is 0 Å². The van der Waals surface area contributed by atoms with Gasteiger partial charge in [0.1, 0.15) is 5.78 Å². The molecule has 1 unspecified atom stereocenters. The molecule has 0 fully saturated rings. The number of Topliss-reactive ketones (excluding diaryl/α,β-unsaturated/α-hetero) is 1. The van der Waals surface area contributed by atoms with Gasteiger partial charge in [0.2, 0.25) is 0 Å². The molecule has 2 atom stereocenters. The molecule has 0 spiro atoms. The molecule has 0 amide bonds. The van der Waals surface area contributed by atoms with Crippen LogP contribution >= 0.6 is 9.39 Å². The fourth-order valence-electron chi connectivity index (χ4n) is 1.08. The molecule has 12 heavy (non-hydrogen) atoms. The highest BCUT2D eigenvalue weighted by Gasteiger charge is 2.12. The van der Waals surface area contributed by atoms with Gasteiger partial charge in [0, 0.05) is 6.42 Å². The lowest BCUT2D eigenvalue weighted by atomic mass is 10.0. The van der Waals surface area contributed by atoms with Crippen LogP contribution in [0, 0.1) is 0 Å². The van der Waals surface area contributed by atoms with E-state index in [2.05, 4.69) is 14.5 Å². The number of carbonyl (C=O) groups is 1. The van der Waals surface area contributed by atoms with Gasteiger partial charge in [0.05, 0.1) is 6.04 Å². The zero-order valence-electron chi connectivity index (χ0n) is 7.68. The first-order valence-electron chi connectivity index (χ1n) is 4.45. The van der Waals surface area contributed by atoms with Crippen molar-refractivity contribution in [2.75, 3.05) is 6.54 Å². The molecule has 0 aromatic heterocycles. The second kappa shape index (κ2) is 7.66. The van der Waals surface area contributed by atoms with Crippen LogP contribution in [0.2, 0.25) is 0 Å². The van der Waals surface area contributed by atoms with Gasteiger partial charge in [-0.1, -0.05) is 22.7 Å². The minimum atomic E-state index is 0.00606. The summed E-state index contributed by atoms with van der Waals surface area (Å²) < 4.78 is 0.